The number of hydrogen-bond acceptors (Lipinski definition) is 6. The van der Waals surface area contributed by atoms with Crippen molar-refractivity contribution in [3.05, 3.63) is 50.3 Å². The summed E-state index contributed by atoms with van der Waals surface area (Å²) in [5.74, 6) is 0. The third-order valence-corrected chi connectivity index (χ3v) is 4.78. The molecule has 1 N–H and O–H groups in total. The number of aromatic nitrogens is 2. The molecule has 3 heterocycles. The van der Waals surface area contributed by atoms with Crippen LogP contribution in [0, 0.1) is 0 Å². The molecule has 0 radical (unpaired) electrons. The lowest BCUT2D eigenvalue weighted by Gasteiger charge is -2.14. The Morgan fingerprint density at radius 2 is 1.71 bits per heavy atom. The Hall–Kier alpha value is -1.24. The minimum absolute atomic E-state index is 0.183. The molecule has 86 valence electrons. The van der Waals surface area contributed by atoms with Gasteiger partial charge in [0.2, 0.25) is 5.13 Å². The molecule has 0 saturated carbocycles. The molecule has 0 atom stereocenters. The molecule has 6 heteroatoms. The topological polar surface area (TPSA) is 37.8 Å². The van der Waals surface area contributed by atoms with Gasteiger partial charge in [-0.25, -0.2) is 0 Å². The maximum atomic E-state index is 4.04. The zero-order valence-corrected chi connectivity index (χ0v) is 11.2. The predicted molar refractivity (Wildman–Crippen MR) is 74.0 cm³/mol. The van der Waals surface area contributed by atoms with Crippen LogP contribution in [0.2, 0.25) is 0 Å². The molecule has 0 fully saturated rings. The number of nitrogens with zero attached hydrogens (tertiary/aromatic N) is 2. The van der Waals surface area contributed by atoms with E-state index in [2.05, 4.69) is 50.5 Å². The molecule has 0 aliphatic rings. The molecule has 3 rings (SSSR count). The monoisotopic (exact) mass is 279 g/mol. The lowest BCUT2D eigenvalue weighted by Crippen LogP contribution is -2.09. The van der Waals surface area contributed by atoms with Crippen molar-refractivity contribution in [3.8, 4) is 0 Å². The van der Waals surface area contributed by atoms with Gasteiger partial charge in [0.25, 0.3) is 0 Å². The van der Waals surface area contributed by atoms with Crippen molar-refractivity contribution < 1.29 is 0 Å². The Morgan fingerprint density at radius 3 is 2.18 bits per heavy atom. The summed E-state index contributed by atoms with van der Waals surface area (Å²) in [6.07, 6.45) is 0. The van der Waals surface area contributed by atoms with Crippen LogP contribution in [0.25, 0.3) is 0 Å². The first-order chi connectivity index (χ1) is 8.43. The predicted octanol–water partition coefficient (Wildman–Crippen LogP) is 3.86. The van der Waals surface area contributed by atoms with Crippen LogP contribution in [0.1, 0.15) is 15.8 Å². The smallest absolute Gasteiger partial charge is 0.206 e. The van der Waals surface area contributed by atoms with Gasteiger partial charge in [0.05, 0.1) is 6.04 Å². The lowest BCUT2D eigenvalue weighted by atomic mass is 10.2. The van der Waals surface area contributed by atoms with Gasteiger partial charge in [-0.15, -0.1) is 32.9 Å². The van der Waals surface area contributed by atoms with E-state index in [1.807, 2.05) is 0 Å². The van der Waals surface area contributed by atoms with E-state index >= 15 is 0 Å². The highest BCUT2D eigenvalue weighted by Crippen LogP contribution is 2.32. The van der Waals surface area contributed by atoms with E-state index in [1.54, 1.807) is 28.2 Å². The second-order valence-electron chi connectivity index (χ2n) is 3.35. The minimum Gasteiger partial charge on any atom is -0.348 e. The fourth-order valence-electron chi connectivity index (χ4n) is 1.55. The molecule has 0 aromatic carbocycles. The number of nitrogens with one attached hydrogen (secondary N) is 1. The fraction of sp³-hybridized carbons (Fsp3) is 0.0909. The third-order valence-electron chi connectivity index (χ3n) is 2.28. The summed E-state index contributed by atoms with van der Waals surface area (Å²) in [7, 11) is 0. The van der Waals surface area contributed by atoms with E-state index in [0.717, 1.165) is 5.13 Å². The summed E-state index contributed by atoms with van der Waals surface area (Å²) in [6, 6.07) is 8.61. The maximum Gasteiger partial charge on any atom is 0.206 e. The van der Waals surface area contributed by atoms with Crippen molar-refractivity contribution in [1.29, 1.82) is 0 Å². The van der Waals surface area contributed by atoms with Gasteiger partial charge < -0.3 is 5.32 Å². The lowest BCUT2D eigenvalue weighted by molar-refractivity contribution is 0.965. The summed E-state index contributed by atoms with van der Waals surface area (Å²) in [6.45, 7) is 0. The van der Waals surface area contributed by atoms with Crippen LogP contribution in [0.15, 0.2) is 40.5 Å². The van der Waals surface area contributed by atoms with E-state index in [9.17, 15) is 0 Å². The molecule has 3 nitrogen and oxygen atoms in total. The number of anilines is 1. The van der Waals surface area contributed by atoms with Gasteiger partial charge >= 0.3 is 0 Å². The van der Waals surface area contributed by atoms with E-state index in [0.29, 0.717) is 0 Å². The molecule has 0 bridgehead atoms. The fourth-order valence-corrected chi connectivity index (χ4v) is 3.69. The normalized spacial score (nSPS) is 10.9. The Labute approximate surface area is 111 Å². The molecule has 0 aliphatic heterocycles. The molecule has 0 unspecified atom stereocenters. The van der Waals surface area contributed by atoms with Crippen LogP contribution in [0.4, 0.5) is 5.13 Å². The van der Waals surface area contributed by atoms with Gasteiger partial charge in [0, 0.05) is 9.75 Å². The van der Waals surface area contributed by atoms with Crippen LogP contribution in [0.3, 0.4) is 0 Å². The highest BCUT2D eigenvalue weighted by Gasteiger charge is 2.17. The van der Waals surface area contributed by atoms with Gasteiger partial charge in [0.15, 0.2) is 0 Å². The van der Waals surface area contributed by atoms with Crippen molar-refractivity contribution in [3.63, 3.8) is 0 Å². The SMILES string of the molecule is c1csc(C(Nc2nncs2)c2cccs2)c1. The first-order valence-electron chi connectivity index (χ1n) is 5.03. The molecule has 3 aromatic rings. The summed E-state index contributed by atoms with van der Waals surface area (Å²) in [5.41, 5.74) is 1.74. The Morgan fingerprint density at radius 1 is 1.00 bits per heavy atom. The molecule has 17 heavy (non-hydrogen) atoms. The summed E-state index contributed by atoms with van der Waals surface area (Å²) in [4.78, 5) is 2.59. The first-order valence-corrected chi connectivity index (χ1v) is 7.67. The molecule has 0 saturated heterocycles. The highest BCUT2D eigenvalue weighted by molar-refractivity contribution is 7.13. The second-order valence-corrected chi connectivity index (χ2v) is 6.14. The Bertz CT molecular complexity index is 509. The van der Waals surface area contributed by atoms with Crippen molar-refractivity contribution in [2.24, 2.45) is 0 Å². The van der Waals surface area contributed by atoms with Gasteiger partial charge in [0.1, 0.15) is 5.51 Å². The van der Waals surface area contributed by atoms with Gasteiger partial charge in [-0.1, -0.05) is 23.5 Å². The third kappa shape index (κ3) is 2.38. The van der Waals surface area contributed by atoms with E-state index < -0.39 is 0 Å². The largest absolute Gasteiger partial charge is 0.348 e. The average molecular weight is 279 g/mol. The Kier molecular flexibility index (Phi) is 3.17. The van der Waals surface area contributed by atoms with Crippen LogP contribution >= 0.6 is 34.0 Å². The van der Waals surface area contributed by atoms with Crippen molar-refractivity contribution in [2.45, 2.75) is 6.04 Å². The molecule has 0 spiro atoms. The van der Waals surface area contributed by atoms with Crippen LogP contribution in [0.5, 0.6) is 0 Å². The highest BCUT2D eigenvalue weighted by atomic mass is 32.1. The molecule has 0 aliphatic carbocycles. The standard InChI is InChI=1S/C11H9N3S3/c1-3-8(15-5-1)10(9-4-2-6-16-9)13-11-14-12-7-17-11/h1-7,10H,(H,13,14). The van der Waals surface area contributed by atoms with Gasteiger partial charge in [-0.05, 0) is 22.9 Å². The minimum atomic E-state index is 0.183. The number of hydrogen-bond donors (Lipinski definition) is 1. The van der Waals surface area contributed by atoms with Crippen LogP contribution in [-0.2, 0) is 0 Å². The van der Waals surface area contributed by atoms with Crippen LogP contribution in [-0.4, -0.2) is 10.2 Å². The van der Waals surface area contributed by atoms with E-state index in [4.69, 9.17) is 0 Å². The van der Waals surface area contributed by atoms with Gasteiger partial charge in [-0.3, -0.25) is 0 Å². The zero-order chi connectivity index (χ0) is 11.5. The number of rotatable bonds is 4. The number of thiophene rings is 2. The van der Waals surface area contributed by atoms with E-state index in [-0.39, 0.29) is 6.04 Å². The van der Waals surface area contributed by atoms with Crippen molar-refractivity contribution in [1.82, 2.24) is 10.2 Å². The van der Waals surface area contributed by atoms with Crippen molar-refractivity contribution >= 4 is 39.1 Å². The summed E-state index contributed by atoms with van der Waals surface area (Å²) < 4.78 is 0. The first kappa shape index (κ1) is 10.9. The molecular formula is C11H9N3S3. The van der Waals surface area contributed by atoms with Crippen LogP contribution < -0.4 is 5.32 Å². The average Bonchev–Trinajstić information content (AvgIpc) is 3.09. The zero-order valence-electron chi connectivity index (χ0n) is 8.74. The molecular weight excluding hydrogens is 270 g/mol. The quantitative estimate of drug-likeness (QED) is 0.788. The van der Waals surface area contributed by atoms with E-state index in [1.165, 1.54) is 21.1 Å². The second kappa shape index (κ2) is 4.95. The van der Waals surface area contributed by atoms with Gasteiger partial charge in [-0.2, -0.15) is 0 Å². The van der Waals surface area contributed by atoms with Crippen molar-refractivity contribution in [2.75, 3.05) is 5.32 Å². The summed E-state index contributed by atoms with van der Waals surface area (Å²) in [5, 5.41) is 16.4. The summed E-state index contributed by atoms with van der Waals surface area (Å²) >= 11 is 5.03. The molecule has 0 amide bonds. The Balaban J connectivity index is 1.92. The molecule has 3 aromatic heterocycles. The maximum absolute atomic E-state index is 4.04.